The lowest BCUT2D eigenvalue weighted by Crippen LogP contribution is -2.40. The molecule has 0 bridgehead atoms. The van der Waals surface area contributed by atoms with E-state index < -0.39 is 0 Å². The van der Waals surface area contributed by atoms with Crippen LogP contribution in [0.1, 0.15) is 45.1 Å². The van der Waals surface area contributed by atoms with Crippen molar-refractivity contribution in [2.24, 2.45) is 0 Å². The van der Waals surface area contributed by atoms with E-state index >= 15 is 0 Å². The fraction of sp³-hybridized carbons (Fsp3) is 0.579. The fourth-order valence-corrected chi connectivity index (χ4v) is 2.93. The molecule has 1 saturated heterocycles. The lowest BCUT2D eigenvalue weighted by atomic mass is 10.1. The summed E-state index contributed by atoms with van der Waals surface area (Å²) in [6.07, 6.45) is 3.48. The summed E-state index contributed by atoms with van der Waals surface area (Å²) in [5, 5.41) is 5.86. The molecule has 0 spiro atoms. The largest absolute Gasteiger partial charge is 0.376 e. The predicted octanol–water partition coefficient (Wildman–Crippen LogP) is 3.77. The molecule has 0 aromatic heterocycles. The summed E-state index contributed by atoms with van der Waals surface area (Å²) >= 11 is 0. The van der Waals surface area contributed by atoms with Crippen LogP contribution in [0.4, 0.5) is 16.2 Å². The Kier molecular flexibility index (Phi) is 7.25. The van der Waals surface area contributed by atoms with Crippen LogP contribution in [0.15, 0.2) is 18.2 Å². The summed E-state index contributed by atoms with van der Waals surface area (Å²) in [5.41, 5.74) is 2.30. The summed E-state index contributed by atoms with van der Waals surface area (Å²) in [6.45, 7) is 7.83. The molecule has 1 aliphatic rings. The van der Waals surface area contributed by atoms with Crippen LogP contribution in [-0.4, -0.2) is 42.6 Å². The second-order valence-corrected chi connectivity index (χ2v) is 6.38. The molecule has 0 radical (unpaired) electrons. The van der Waals surface area contributed by atoms with Crippen molar-refractivity contribution in [3.05, 3.63) is 23.8 Å². The number of hydrogen-bond acceptors (Lipinski definition) is 3. The Balaban J connectivity index is 2.02. The number of hydrogen-bond donors (Lipinski definition) is 2. The Morgan fingerprint density at radius 2 is 1.96 bits per heavy atom. The standard InChI is InChI=1S/C19H29N3O3/c1-4-8-18(23)20-16-10-6-11-17(14(16)3)21-19(24)22(5-2)13-15-9-7-12-25-15/h6,10-11,15H,4-5,7-9,12-13H2,1-3H3,(H,20,23)(H,21,24). The highest BCUT2D eigenvalue weighted by molar-refractivity contribution is 5.95. The van der Waals surface area contributed by atoms with Crippen molar-refractivity contribution >= 4 is 23.3 Å². The maximum atomic E-state index is 12.6. The minimum atomic E-state index is -0.141. The van der Waals surface area contributed by atoms with Gasteiger partial charge in [-0.3, -0.25) is 4.79 Å². The number of urea groups is 1. The van der Waals surface area contributed by atoms with E-state index in [2.05, 4.69) is 10.6 Å². The van der Waals surface area contributed by atoms with Gasteiger partial charge in [0.1, 0.15) is 0 Å². The lowest BCUT2D eigenvalue weighted by molar-refractivity contribution is -0.116. The molecular formula is C19H29N3O3. The first-order valence-electron chi connectivity index (χ1n) is 9.12. The molecular weight excluding hydrogens is 318 g/mol. The smallest absolute Gasteiger partial charge is 0.321 e. The van der Waals surface area contributed by atoms with E-state index in [1.54, 1.807) is 4.90 Å². The molecule has 3 amide bonds. The van der Waals surface area contributed by atoms with Crippen molar-refractivity contribution in [3.8, 4) is 0 Å². The first kappa shape index (κ1) is 19.2. The van der Waals surface area contributed by atoms with Crippen LogP contribution in [0.2, 0.25) is 0 Å². The van der Waals surface area contributed by atoms with Gasteiger partial charge in [-0.1, -0.05) is 13.0 Å². The van der Waals surface area contributed by atoms with Gasteiger partial charge in [-0.25, -0.2) is 4.79 Å². The molecule has 1 unspecified atom stereocenters. The number of amides is 3. The second kappa shape index (κ2) is 9.42. The molecule has 6 nitrogen and oxygen atoms in total. The highest BCUT2D eigenvalue weighted by Crippen LogP contribution is 2.24. The first-order chi connectivity index (χ1) is 12.0. The van der Waals surface area contributed by atoms with Crippen LogP contribution in [0.5, 0.6) is 0 Å². The Bertz CT molecular complexity index is 598. The molecule has 6 heteroatoms. The molecule has 2 rings (SSSR count). The topological polar surface area (TPSA) is 70.7 Å². The Morgan fingerprint density at radius 1 is 1.24 bits per heavy atom. The minimum Gasteiger partial charge on any atom is -0.376 e. The maximum absolute atomic E-state index is 12.6. The van der Waals surface area contributed by atoms with E-state index in [0.29, 0.717) is 25.2 Å². The summed E-state index contributed by atoms with van der Waals surface area (Å²) in [7, 11) is 0. The van der Waals surface area contributed by atoms with Crippen LogP contribution >= 0.6 is 0 Å². The van der Waals surface area contributed by atoms with Gasteiger partial charge in [-0.15, -0.1) is 0 Å². The zero-order chi connectivity index (χ0) is 18.2. The van der Waals surface area contributed by atoms with Gasteiger partial charge in [0.05, 0.1) is 6.10 Å². The fourth-order valence-electron chi connectivity index (χ4n) is 2.93. The molecule has 1 atom stereocenters. The van der Waals surface area contributed by atoms with Crippen molar-refractivity contribution in [1.82, 2.24) is 4.90 Å². The summed E-state index contributed by atoms with van der Waals surface area (Å²) in [4.78, 5) is 26.2. The van der Waals surface area contributed by atoms with Gasteiger partial charge in [0.25, 0.3) is 0 Å². The number of carbonyl (C=O) groups is 2. The van der Waals surface area contributed by atoms with Gasteiger partial charge < -0.3 is 20.3 Å². The minimum absolute atomic E-state index is 0.0114. The van der Waals surface area contributed by atoms with Gasteiger partial charge in [-0.2, -0.15) is 0 Å². The van der Waals surface area contributed by atoms with E-state index in [-0.39, 0.29) is 18.0 Å². The van der Waals surface area contributed by atoms with E-state index in [1.807, 2.05) is 39.0 Å². The van der Waals surface area contributed by atoms with Gasteiger partial charge in [0.2, 0.25) is 5.91 Å². The van der Waals surface area contributed by atoms with E-state index in [9.17, 15) is 9.59 Å². The zero-order valence-corrected chi connectivity index (χ0v) is 15.4. The highest BCUT2D eigenvalue weighted by Gasteiger charge is 2.22. The summed E-state index contributed by atoms with van der Waals surface area (Å²) in [6, 6.07) is 5.39. The number of anilines is 2. The van der Waals surface area contributed by atoms with Crippen LogP contribution in [0.3, 0.4) is 0 Å². The third-order valence-electron chi connectivity index (χ3n) is 4.44. The normalized spacial score (nSPS) is 16.5. The molecule has 0 aliphatic carbocycles. The maximum Gasteiger partial charge on any atom is 0.321 e. The third-order valence-corrected chi connectivity index (χ3v) is 4.44. The van der Waals surface area contributed by atoms with Crippen molar-refractivity contribution in [3.63, 3.8) is 0 Å². The van der Waals surface area contributed by atoms with Crippen molar-refractivity contribution in [2.45, 2.75) is 52.6 Å². The molecule has 138 valence electrons. The molecule has 1 fully saturated rings. The monoisotopic (exact) mass is 347 g/mol. The number of nitrogens with zero attached hydrogens (tertiary/aromatic N) is 1. The molecule has 1 aliphatic heterocycles. The average molecular weight is 347 g/mol. The van der Waals surface area contributed by atoms with Crippen LogP contribution in [0, 0.1) is 6.92 Å². The lowest BCUT2D eigenvalue weighted by Gasteiger charge is -2.25. The van der Waals surface area contributed by atoms with Crippen molar-refractivity contribution in [2.75, 3.05) is 30.3 Å². The van der Waals surface area contributed by atoms with Crippen LogP contribution in [-0.2, 0) is 9.53 Å². The second-order valence-electron chi connectivity index (χ2n) is 6.38. The molecule has 1 heterocycles. The first-order valence-corrected chi connectivity index (χ1v) is 9.12. The Hall–Kier alpha value is -2.08. The van der Waals surface area contributed by atoms with E-state index in [1.165, 1.54) is 0 Å². The number of benzene rings is 1. The number of carbonyl (C=O) groups excluding carboxylic acids is 2. The summed E-state index contributed by atoms with van der Waals surface area (Å²) < 4.78 is 5.63. The van der Waals surface area contributed by atoms with Crippen LogP contribution < -0.4 is 10.6 Å². The number of likely N-dealkylation sites (N-methyl/N-ethyl adjacent to an activating group) is 1. The number of ether oxygens (including phenoxy) is 1. The van der Waals surface area contributed by atoms with Crippen molar-refractivity contribution in [1.29, 1.82) is 0 Å². The number of rotatable bonds is 7. The SMILES string of the molecule is CCCC(=O)Nc1cccc(NC(=O)N(CC)CC2CCCO2)c1C. The average Bonchev–Trinajstić information content (AvgIpc) is 3.09. The molecule has 2 N–H and O–H groups in total. The van der Waals surface area contributed by atoms with E-state index in [0.717, 1.165) is 37.1 Å². The van der Waals surface area contributed by atoms with Gasteiger partial charge >= 0.3 is 6.03 Å². The third kappa shape index (κ3) is 5.46. The molecule has 25 heavy (non-hydrogen) atoms. The van der Waals surface area contributed by atoms with Gasteiger partial charge in [0, 0.05) is 37.5 Å². The predicted molar refractivity (Wildman–Crippen MR) is 100.0 cm³/mol. The van der Waals surface area contributed by atoms with Crippen molar-refractivity contribution < 1.29 is 14.3 Å². The zero-order valence-electron chi connectivity index (χ0n) is 15.4. The number of nitrogens with one attached hydrogen (secondary N) is 2. The van der Waals surface area contributed by atoms with Gasteiger partial charge in [0.15, 0.2) is 0 Å². The van der Waals surface area contributed by atoms with Crippen LogP contribution in [0.25, 0.3) is 0 Å². The molecule has 1 aromatic carbocycles. The highest BCUT2D eigenvalue weighted by atomic mass is 16.5. The van der Waals surface area contributed by atoms with Gasteiger partial charge in [-0.05, 0) is 50.8 Å². The molecule has 1 aromatic rings. The molecule has 0 saturated carbocycles. The Morgan fingerprint density at radius 3 is 2.56 bits per heavy atom. The Labute approximate surface area is 149 Å². The van der Waals surface area contributed by atoms with E-state index in [4.69, 9.17) is 4.74 Å². The summed E-state index contributed by atoms with van der Waals surface area (Å²) in [5.74, 6) is -0.0114. The quantitative estimate of drug-likeness (QED) is 0.789.